The zero-order valence-corrected chi connectivity index (χ0v) is 9.61. The number of anilines is 1. The summed E-state index contributed by atoms with van der Waals surface area (Å²) in [7, 11) is 0. The molecule has 0 amide bonds. The van der Waals surface area contributed by atoms with Gasteiger partial charge in [-0.05, 0) is 42.2 Å². The molecular formula is C13H13ClN2. The summed E-state index contributed by atoms with van der Waals surface area (Å²) in [6.07, 6.45) is 5.39. The molecule has 2 rings (SSSR count). The number of aryl methyl sites for hydroxylation is 2. The van der Waals surface area contributed by atoms with Gasteiger partial charge in [-0.25, -0.2) is 0 Å². The molecule has 0 aliphatic heterocycles. The van der Waals surface area contributed by atoms with Crippen molar-refractivity contribution in [3.8, 4) is 0 Å². The van der Waals surface area contributed by atoms with Gasteiger partial charge in [-0.3, -0.25) is 4.98 Å². The van der Waals surface area contributed by atoms with Crippen LogP contribution >= 0.6 is 11.6 Å². The highest BCUT2D eigenvalue weighted by Crippen LogP contribution is 2.14. The highest BCUT2D eigenvalue weighted by Gasteiger charge is 1.99. The first kappa shape index (κ1) is 11.0. The van der Waals surface area contributed by atoms with Gasteiger partial charge in [-0.1, -0.05) is 23.7 Å². The van der Waals surface area contributed by atoms with Crippen molar-refractivity contribution in [2.45, 2.75) is 12.8 Å². The molecule has 0 bridgehead atoms. The number of benzene rings is 1. The fraction of sp³-hybridized carbons (Fsp3) is 0.154. The van der Waals surface area contributed by atoms with Gasteiger partial charge in [0.05, 0.1) is 0 Å². The van der Waals surface area contributed by atoms with E-state index in [-0.39, 0.29) is 0 Å². The van der Waals surface area contributed by atoms with Gasteiger partial charge < -0.3 is 5.73 Å². The minimum absolute atomic E-state index is 0.768. The van der Waals surface area contributed by atoms with Crippen LogP contribution in [0.3, 0.4) is 0 Å². The smallest absolute Gasteiger partial charge is 0.0406 e. The third-order valence-electron chi connectivity index (χ3n) is 2.54. The summed E-state index contributed by atoms with van der Waals surface area (Å²) in [6, 6.07) is 9.72. The SMILES string of the molecule is Nc1ccncc1CCc1ccc(Cl)cc1. The lowest BCUT2D eigenvalue weighted by Crippen LogP contribution is -1.97. The van der Waals surface area contributed by atoms with Gasteiger partial charge in [0.2, 0.25) is 0 Å². The summed E-state index contributed by atoms with van der Waals surface area (Å²) in [4.78, 5) is 4.07. The molecular weight excluding hydrogens is 220 g/mol. The molecule has 3 heteroatoms. The van der Waals surface area contributed by atoms with E-state index in [0.717, 1.165) is 29.1 Å². The normalized spacial score (nSPS) is 10.3. The number of pyridine rings is 1. The second-order valence-corrected chi connectivity index (χ2v) is 4.14. The molecule has 1 aromatic heterocycles. The highest BCUT2D eigenvalue weighted by molar-refractivity contribution is 6.30. The predicted octanol–water partition coefficient (Wildman–Crippen LogP) is 3.10. The lowest BCUT2D eigenvalue weighted by molar-refractivity contribution is 0.953. The fourth-order valence-electron chi connectivity index (χ4n) is 1.58. The lowest BCUT2D eigenvalue weighted by atomic mass is 10.1. The molecule has 1 heterocycles. The zero-order chi connectivity index (χ0) is 11.4. The summed E-state index contributed by atoms with van der Waals surface area (Å²) in [5.74, 6) is 0. The Morgan fingerprint density at radius 2 is 1.81 bits per heavy atom. The number of nitrogens with zero attached hydrogens (tertiary/aromatic N) is 1. The lowest BCUT2D eigenvalue weighted by Gasteiger charge is -2.04. The molecule has 0 aliphatic carbocycles. The van der Waals surface area contributed by atoms with Crippen molar-refractivity contribution in [3.05, 3.63) is 58.9 Å². The number of nitrogen functional groups attached to an aromatic ring is 1. The monoisotopic (exact) mass is 232 g/mol. The van der Waals surface area contributed by atoms with E-state index in [1.54, 1.807) is 6.20 Å². The van der Waals surface area contributed by atoms with Gasteiger partial charge in [0.25, 0.3) is 0 Å². The van der Waals surface area contributed by atoms with E-state index in [9.17, 15) is 0 Å². The van der Waals surface area contributed by atoms with Gasteiger partial charge in [0, 0.05) is 23.1 Å². The van der Waals surface area contributed by atoms with Crippen molar-refractivity contribution in [1.82, 2.24) is 4.98 Å². The molecule has 0 spiro atoms. The van der Waals surface area contributed by atoms with Crippen molar-refractivity contribution < 1.29 is 0 Å². The molecule has 2 aromatic rings. The van der Waals surface area contributed by atoms with Crippen LogP contribution in [0.15, 0.2) is 42.7 Å². The first-order valence-electron chi connectivity index (χ1n) is 5.18. The molecule has 2 nitrogen and oxygen atoms in total. The summed E-state index contributed by atoms with van der Waals surface area (Å²) in [6.45, 7) is 0. The van der Waals surface area contributed by atoms with Crippen LogP contribution in [0.1, 0.15) is 11.1 Å². The average molecular weight is 233 g/mol. The van der Waals surface area contributed by atoms with Crippen LogP contribution in [0, 0.1) is 0 Å². The van der Waals surface area contributed by atoms with Gasteiger partial charge in [0.15, 0.2) is 0 Å². The molecule has 2 N–H and O–H groups in total. The minimum Gasteiger partial charge on any atom is -0.398 e. The quantitative estimate of drug-likeness (QED) is 0.883. The number of hydrogen-bond acceptors (Lipinski definition) is 2. The standard InChI is InChI=1S/C13H13ClN2/c14-12-5-2-10(3-6-12)1-4-11-9-16-8-7-13(11)15/h2-3,5-9H,1,4H2,(H2,15,16). The van der Waals surface area contributed by atoms with Crippen LogP contribution in [0.5, 0.6) is 0 Å². The average Bonchev–Trinajstić information content (AvgIpc) is 2.30. The number of nitrogens with two attached hydrogens (primary N) is 1. The Morgan fingerprint density at radius 1 is 1.06 bits per heavy atom. The van der Waals surface area contributed by atoms with Gasteiger partial charge >= 0.3 is 0 Å². The molecule has 0 saturated carbocycles. The molecule has 0 fully saturated rings. The second-order valence-electron chi connectivity index (χ2n) is 3.70. The minimum atomic E-state index is 0.768. The fourth-order valence-corrected chi connectivity index (χ4v) is 1.70. The van der Waals surface area contributed by atoms with E-state index in [4.69, 9.17) is 17.3 Å². The van der Waals surface area contributed by atoms with E-state index in [2.05, 4.69) is 4.98 Å². The van der Waals surface area contributed by atoms with E-state index in [0.29, 0.717) is 0 Å². The number of rotatable bonds is 3. The largest absolute Gasteiger partial charge is 0.398 e. The van der Waals surface area contributed by atoms with Crippen molar-refractivity contribution in [3.63, 3.8) is 0 Å². The summed E-state index contributed by atoms with van der Waals surface area (Å²) < 4.78 is 0. The molecule has 82 valence electrons. The van der Waals surface area contributed by atoms with Gasteiger partial charge in [0.1, 0.15) is 0 Å². The molecule has 0 atom stereocenters. The van der Waals surface area contributed by atoms with Crippen LogP contribution in [0.2, 0.25) is 5.02 Å². The summed E-state index contributed by atoms with van der Waals surface area (Å²) in [5.41, 5.74) is 9.01. The molecule has 0 unspecified atom stereocenters. The Morgan fingerprint density at radius 3 is 2.50 bits per heavy atom. The highest BCUT2D eigenvalue weighted by atomic mass is 35.5. The van der Waals surface area contributed by atoms with Crippen molar-refractivity contribution in [1.29, 1.82) is 0 Å². The number of hydrogen-bond donors (Lipinski definition) is 1. The Balaban J connectivity index is 2.02. The number of aromatic nitrogens is 1. The molecule has 1 aromatic carbocycles. The van der Waals surface area contributed by atoms with Crippen LogP contribution in [0.4, 0.5) is 5.69 Å². The molecule has 0 saturated heterocycles. The van der Waals surface area contributed by atoms with Crippen molar-refractivity contribution in [2.24, 2.45) is 0 Å². The Hall–Kier alpha value is -1.54. The molecule has 0 radical (unpaired) electrons. The number of halogens is 1. The van der Waals surface area contributed by atoms with Crippen LogP contribution in [-0.2, 0) is 12.8 Å². The van der Waals surface area contributed by atoms with Crippen LogP contribution in [-0.4, -0.2) is 4.98 Å². The Kier molecular flexibility index (Phi) is 3.42. The van der Waals surface area contributed by atoms with Crippen LogP contribution < -0.4 is 5.73 Å². The van der Waals surface area contributed by atoms with Gasteiger partial charge in [-0.15, -0.1) is 0 Å². The molecule has 0 aliphatic rings. The predicted molar refractivity (Wildman–Crippen MR) is 67.5 cm³/mol. The van der Waals surface area contributed by atoms with E-state index in [1.807, 2.05) is 36.5 Å². The first-order valence-corrected chi connectivity index (χ1v) is 5.56. The van der Waals surface area contributed by atoms with E-state index in [1.165, 1.54) is 5.56 Å². The topological polar surface area (TPSA) is 38.9 Å². The maximum absolute atomic E-state index is 5.85. The first-order chi connectivity index (χ1) is 7.75. The Labute approximate surface area is 100 Å². The zero-order valence-electron chi connectivity index (χ0n) is 8.86. The summed E-state index contributed by atoms with van der Waals surface area (Å²) in [5, 5.41) is 0.768. The summed E-state index contributed by atoms with van der Waals surface area (Å²) >= 11 is 5.82. The third-order valence-corrected chi connectivity index (χ3v) is 2.79. The Bertz CT molecular complexity index is 466. The van der Waals surface area contributed by atoms with Gasteiger partial charge in [-0.2, -0.15) is 0 Å². The van der Waals surface area contributed by atoms with Crippen molar-refractivity contribution >= 4 is 17.3 Å². The van der Waals surface area contributed by atoms with Crippen LogP contribution in [0.25, 0.3) is 0 Å². The van der Waals surface area contributed by atoms with Crippen molar-refractivity contribution in [2.75, 3.05) is 5.73 Å². The molecule has 16 heavy (non-hydrogen) atoms. The van der Waals surface area contributed by atoms with E-state index < -0.39 is 0 Å². The van der Waals surface area contributed by atoms with E-state index >= 15 is 0 Å². The second kappa shape index (κ2) is 4.99. The maximum Gasteiger partial charge on any atom is 0.0406 e. The third kappa shape index (κ3) is 2.74. The maximum atomic E-state index is 5.85.